The Balaban J connectivity index is 1.42. The minimum absolute atomic E-state index is 0.0328. The lowest BCUT2D eigenvalue weighted by molar-refractivity contribution is 0.142. The van der Waals surface area contributed by atoms with Crippen LogP contribution in [0.15, 0.2) is 70.1 Å². The SMILES string of the molecule is O=C(NCc1c[nH]c(=O)c(Br)c1)OCC1c2ccccc2-c2ccccc21. The molecule has 2 N–H and O–H groups in total. The van der Waals surface area contributed by atoms with Crippen LogP contribution < -0.4 is 10.9 Å². The highest BCUT2D eigenvalue weighted by atomic mass is 79.9. The second kappa shape index (κ2) is 7.40. The van der Waals surface area contributed by atoms with Crippen molar-refractivity contribution in [2.24, 2.45) is 0 Å². The van der Waals surface area contributed by atoms with Gasteiger partial charge in [0.15, 0.2) is 0 Å². The number of rotatable bonds is 4. The van der Waals surface area contributed by atoms with E-state index in [9.17, 15) is 9.59 Å². The third kappa shape index (κ3) is 3.53. The van der Waals surface area contributed by atoms with Crippen LogP contribution in [0.4, 0.5) is 4.79 Å². The van der Waals surface area contributed by atoms with Crippen LogP contribution in [0.3, 0.4) is 0 Å². The summed E-state index contributed by atoms with van der Waals surface area (Å²) < 4.78 is 5.91. The Labute approximate surface area is 164 Å². The standard InChI is InChI=1S/C21H17BrN2O3/c22-19-9-13(10-23-20(19)25)11-24-21(26)27-12-18-16-7-3-1-5-14(16)15-6-2-4-8-17(15)18/h1-10,18H,11-12H2,(H,23,25)(H,24,26). The second-order valence-corrected chi connectivity index (χ2v) is 7.22. The number of aromatic amines is 1. The highest BCUT2D eigenvalue weighted by molar-refractivity contribution is 9.10. The lowest BCUT2D eigenvalue weighted by atomic mass is 9.98. The summed E-state index contributed by atoms with van der Waals surface area (Å²) >= 11 is 3.17. The number of carbonyl (C=O) groups excluding carboxylic acids is 1. The summed E-state index contributed by atoms with van der Waals surface area (Å²) in [5, 5.41) is 2.71. The predicted octanol–water partition coefficient (Wildman–Crippen LogP) is 4.18. The molecule has 1 aliphatic rings. The smallest absolute Gasteiger partial charge is 0.407 e. The molecular formula is C21H17BrN2O3. The maximum atomic E-state index is 12.1. The number of aromatic nitrogens is 1. The van der Waals surface area contributed by atoms with Gasteiger partial charge in [-0.3, -0.25) is 4.79 Å². The molecule has 0 unspecified atom stereocenters. The molecule has 136 valence electrons. The van der Waals surface area contributed by atoms with Crippen molar-refractivity contribution in [1.82, 2.24) is 10.3 Å². The van der Waals surface area contributed by atoms with Crippen LogP contribution in [-0.2, 0) is 11.3 Å². The number of amides is 1. The molecule has 0 aliphatic heterocycles. The van der Waals surface area contributed by atoms with Crippen molar-refractivity contribution in [2.75, 3.05) is 6.61 Å². The van der Waals surface area contributed by atoms with Crippen LogP contribution in [0.2, 0.25) is 0 Å². The second-order valence-electron chi connectivity index (χ2n) is 6.36. The van der Waals surface area contributed by atoms with Crippen molar-refractivity contribution in [1.29, 1.82) is 0 Å². The van der Waals surface area contributed by atoms with Crippen LogP contribution >= 0.6 is 15.9 Å². The van der Waals surface area contributed by atoms with E-state index >= 15 is 0 Å². The molecule has 27 heavy (non-hydrogen) atoms. The fourth-order valence-electron chi connectivity index (χ4n) is 3.42. The van der Waals surface area contributed by atoms with Gasteiger partial charge in [0, 0.05) is 18.7 Å². The maximum Gasteiger partial charge on any atom is 0.407 e. The highest BCUT2D eigenvalue weighted by Gasteiger charge is 2.28. The number of hydrogen-bond donors (Lipinski definition) is 2. The van der Waals surface area contributed by atoms with Gasteiger partial charge in [0.25, 0.3) is 5.56 Å². The number of ether oxygens (including phenoxy) is 1. The van der Waals surface area contributed by atoms with Gasteiger partial charge >= 0.3 is 6.09 Å². The lowest BCUT2D eigenvalue weighted by Crippen LogP contribution is -2.26. The quantitative estimate of drug-likeness (QED) is 0.659. The molecule has 2 aromatic carbocycles. The zero-order valence-electron chi connectivity index (χ0n) is 14.4. The van der Waals surface area contributed by atoms with Gasteiger partial charge < -0.3 is 15.0 Å². The van der Waals surface area contributed by atoms with Crippen molar-refractivity contribution in [3.8, 4) is 11.1 Å². The Morgan fingerprint density at radius 3 is 2.33 bits per heavy atom. The van der Waals surface area contributed by atoms with Gasteiger partial charge in [-0.25, -0.2) is 4.79 Å². The molecule has 0 atom stereocenters. The molecule has 0 fully saturated rings. The fraction of sp³-hybridized carbons (Fsp3) is 0.143. The van der Waals surface area contributed by atoms with Gasteiger partial charge in [0.05, 0.1) is 4.47 Å². The van der Waals surface area contributed by atoms with Crippen LogP contribution in [0.25, 0.3) is 11.1 Å². The van der Waals surface area contributed by atoms with Crippen molar-refractivity contribution in [2.45, 2.75) is 12.5 Å². The molecule has 0 bridgehead atoms. The first-order valence-electron chi connectivity index (χ1n) is 8.59. The average molecular weight is 425 g/mol. The van der Waals surface area contributed by atoms with E-state index in [1.165, 1.54) is 22.3 Å². The fourth-order valence-corrected chi connectivity index (χ4v) is 3.83. The molecule has 4 rings (SSSR count). The van der Waals surface area contributed by atoms with Crippen molar-refractivity contribution < 1.29 is 9.53 Å². The first kappa shape index (κ1) is 17.5. The van der Waals surface area contributed by atoms with Crippen molar-refractivity contribution >= 4 is 22.0 Å². The molecule has 1 amide bonds. The number of benzene rings is 2. The van der Waals surface area contributed by atoms with Crippen LogP contribution in [0, 0.1) is 0 Å². The number of carbonyl (C=O) groups is 1. The average Bonchev–Trinajstić information content (AvgIpc) is 3.01. The number of alkyl carbamates (subject to hydrolysis) is 1. The Bertz CT molecular complexity index is 1020. The van der Waals surface area contributed by atoms with Gasteiger partial charge in [-0.15, -0.1) is 0 Å². The number of pyridine rings is 1. The van der Waals surface area contributed by atoms with E-state index in [1.807, 2.05) is 24.3 Å². The summed E-state index contributed by atoms with van der Waals surface area (Å²) in [7, 11) is 0. The Morgan fingerprint density at radius 2 is 1.70 bits per heavy atom. The summed E-state index contributed by atoms with van der Waals surface area (Å²) in [4.78, 5) is 26.1. The van der Waals surface area contributed by atoms with E-state index < -0.39 is 6.09 Å². The minimum Gasteiger partial charge on any atom is -0.449 e. The summed E-state index contributed by atoms with van der Waals surface area (Å²) in [6.07, 6.45) is 1.08. The lowest BCUT2D eigenvalue weighted by Gasteiger charge is -2.14. The molecule has 0 saturated carbocycles. The molecule has 1 aliphatic carbocycles. The van der Waals surface area contributed by atoms with Gasteiger partial charge in [-0.1, -0.05) is 48.5 Å². The Kier molecular flexibility index (Phi) is 4.81. The molecule has 0 saturated heterocycles. The molecule has 1 heterocycles. The van der Waals surface area contributed by atoms with Gasteiger partial charge in [-0.05, 0) is 49.8 Å². The number of fused-ring (bicyclic) bond motifs is 3. The topological polar surface area (TPSA) is 71.2 Å². The van der Waals surface area contributed by atoms with Crippen molar-refractivity contribution in [3.05, 3.63) is 92.3 Å². The molecule has 1 aromatic heterocycles. The molecule has 6 heteroatoms. The molecular weight excluding hydrogens is 408 g/mol. The summed E-state index contributed by atoms with van der Waals surface area (Å²) in [6.45, 7) is 0.543. The summed E-state index contributed by atoms with van der Waals surface area (Å²) in [5.41, 5.74) is 5.31. The molecule has 5 nitrogen and oxygen atoms in total. The first-order valence-corrected chi connectivity index (χ1v) is 9.39. The molecule has 0 spiro atoms. The number of nitrogens with one attached hydrogen (secondary N) is 2. The number of H-pyrrole nitrogens is 1. The van der Waals surface area contributed by atoms with E-state index in [0.29, 0.717) is 4.47 Å². The van der Waals surface area contributed by atoms with E-state index in [4.69, 9.17) is 4.74 Å². The van der Waals surface area contributed by atoms with Crippen molar-refractivity contribution in [3.63, 3.8) is 0 Å². The molecule has 0 radical (unpaired) electrons. The van der Waals surface area contributed by atoms with Crippen LogP contribution in [0.5, 0.6) is 0 Å². The van der Waals surface area contributed by atoms with E-state index in [2.05, 4.69) is 50.5 Å². The zero-order chi connectivity index (χ0) is 18.8. The summed E-state index contributed by atoms with van der Waals surface area (Å²) in [5.74, 6) is 0.0328. The Morgan fingerprint density at radius 1 is 1.07 bits per heavy atom. The Hall–Kier alpha value is -2.86. The van der Waals surface area contributed by atoms with E-state index in [1.54, 1.807) is 12.3 Å². The minimum atomic E-state index is -0.487. The third-order valence-corrected chi connectivity index (χ3v) is 5.29. The molecule has 3 aromatic rings. The van der Waals surface area contributed by atoms with Gasteiger partial charge in [-0.2, -0.15) is 0 Å². The summed E-state index contributed by atoms with van der Waals surface area (Å²) in [6, 6.07) is 18.1. The maximum absolute atomic E-state index is 12.1. The van der Waals surface area contributed by atoms with Crippen LogP contribution in [0.1, 0.15) is 22.6 Å². The van der Waals surface area contributed by atoms with Crippen LogP contribution in [-0.4, -0.2) is 17.7 Å². The van der Waals surface area contributed by atoms with Gasteiger partial charge in [0.1, 0.15) is 6.61 Å². The number of hydrogen-bond acceptors (Lipinski definition) is 3. The number of halogens is 1. The largest absolute Gasteiger partial charge is 0.449 e. The van der Waals surface area contributed by atoms with Gasteiger partial charge in [0.2, 0.25) is 0 Å². The monoisotopic (exact) mass is 424 g/mol. The van der Waals surface area contributed by atoms with E-state index in [-0.39, 0.29) is 24.6 Å². The zero-order valence-corrected chi connectivity index (χ0v) is 16.0. The first-order chi connectivity index (χ1) is 13.1. The normalized spacial score (nSPS) is 12.3. The predicted molar refractivity (Wildman–Crippen MR) is 107 cm³/mol. The third-order valence-electron chi connectivity index (χ3n) is 4.70. The van der Waals surface area contributed by atoms with E-state index in [0.717, 1.165) is 5.56 Å². The highest BCUT2D eigenvalue weighted by Crippen LogP contribution is 2.44.